The van der Waals surface area contributed by atoms with E-state index >= 15 is 0 Å². The van der Waals surface area contributed by atoms with Gasteiger partial charge in [-0.3, -0.25) is 4.79 Å². The number of morpholine rings is 1. The second-order valence-corrected chi connectivity index (χ2v) is 9.65. The Morgan fingerprint density at radius 3 is 2.85 bits per heavy atom. The summed E-state index contributed by atoms with van der Waals surface area (Å²) in [7, 11) is 0. The highest BCUT2D eigenvalue weighted by Gasteiger charge is 2.33. The van der Waals surface area contributed by atoms with Crippen LogP contribution >= 0.6 is 0 Å². The van der Waals surface area contributed by atoms with Crippen LogP contribution in [0, 0.1) is 5.92 Å². The molecule has 172 valence electrons. The highest BCUT2D eigenvalue weighted by atomic mass is 16.5. The molecule has 7 heteroatoms. The molecule has 1 aromatic carbocycles. The van der Waals surface area contributed by atoms with Gasteiger partial charge in [-0.2, -0.15) is 0 Å². The van der Waals surface area contributed by atoms with Crippen molar-refractivity contribution in [1.29, 1.82) is 0 Å². The number of nitrogens with zero attached hydrogens (tertiary/aromatic N) is 4. The second-order valence-electron chi connectivity index (χ2n) is 9.65. The topological polar surface area (TPSA) is 74.3 Å². The number of nitrogens with one attached hydrogen (secondary N) is 1. The molecule has 7 nitrogen and oxygen atoms in total. The molecular formula is C26H31N5O2. The fourth-order valence-corrected chi connectivity index (χ4v) is 5.68. The van der Waals surface area contributed by atoms with Crippen molar-refractivity contribution in [3.05, 3.63) is 41.7 Å². The van der Waals surface area contributed by atoms with Crippen molar-refractivity contribution >= 4 is 22.8 Å². The van der Waals surface area contributed by atoms with Gasteiger partial charge in [0.25, 0.3) is 0 Å². The molecular weight excluding hydrogens is 414 g/mol. The lowest BCUT2D eigenvalue weighted by Crippen LogP contribution is -2.45. The second kappa shape index (κ2) is 8.45. The number of hydrogen-bond donors (Lipinski definition) is 1. The number of H-pyrrole nitrogens is 1. The van der Waals surface area contributed by atoms with Gasteiger partial charge < -0.3 is 19.5 Å². The highest BCUT2D eigenvalue weighted by molar-refractivity contribution is 5.95. The first-order valence-electron chi connectivity index (χ1n) is 12.3. The zero-order valence-electron chi connectivity index (χ0n) is 19.2. The van der Waals surface area contributed by atoms with Crippen molar-refractivity contribution in [2.24, 2.45) is 5.92 Å². The summed E-state index contributed by atoms with van der Waals surface area (Å²) in [4.78, 5) is 31.1. The van der Waals surface area contributed by atoms with Crippen LogP contribution in [0.4, 0.5) is 5.95 Å². The SMILES string of the molecule is CC1COCCN1c1nc2c(c(-c3c[nH]c4ccccc34)n1)CCN(C(=O)C1CCCC1)C2. The van der Waals surface area contributed by atoms with E-state index in [0.717, 1.165) is 60.8 Å². The molecule has 1 saturated heterocycles. The summed E-state index contributed by atoms with van der Waals surface area (Å²) in [5.41, 5.74) is 5.40. The lowest BCUT2D eigenvalue weighted by molar-refractivity contribution is -0.136. The molecule has 2 aliphatic heterocycles. The fourth-order valence-electron chi connectivity index (χ4n) is 5.68. The number of aromatic amines is 1. The Morgan fingerprint density at radius 1 is 1.15 bits per heavy atom. The molecule has 1 saturated carbocycles. The number of aromatic nitrogens is 3. The Hall–Kier alpha value is -2.93. The molecule has 33 heavy (non-hydrogen) atoms. The maximum atomic E-state index is 13.2. The zero-order valence-corrected chi connectivity index (χ0v) is 19.2. The van der Waals surface area contributed by atoms with Crippen LogP contribution in [0.15, 0.2) is 30.5 Å². The molecule has 4 heterocycles. The Kier molecular flexibility index (Phi) is 5.29. The molecule has 1 aliphatic carbocycles. The predicted molar refractivity (Wildman–Crippen MR) is 128 cm³/mol. The third-order valence-corrected chi connectivity index (χ3v) is 7.54. The average molecular weight is 446 g/mol. The number of anilines is 1. The monoisotopic (exact) mass is 445 g/mol. The van der Waals surface area contributed by atoms with Crippen LogP contribution in [0.5, 0.6) is 0 Å². The Balaban J connectivity index is 1.43. The molecule has 1 unspecified atom stereocenters. The van der Waals surface area contributed by atoms with Crippen molar-refractivity contribution in [3.8, 4) is 11.3 Å². The van der Waals surface area contributed by atoms with Crippen molar-refractivity contribution in [1.82, 2.24) is 19.9 Å². The van der Waals surface area contributed by atoms with Gasteiger partial charge >= 0.3 is 0 Å². The molecule has 0 radical (unpaired) electrons. The van der Waals surface area contributed by atoms with Gasteiger partial charge in [-0.1, -0.05) is 31.0 Å². The van der Waals surface area contributed by atoms with E-state index in [4.69, 9.17) is 14.7 Å². The minimum Gasteiger partial charge on any atom is -0.377 e. The van der Waals surface area contributed by atoms with E-state index in [1.54, 1.807) is 0 Å². The first-order chi connectivity index (χ1) is 16.2. The molecule has 2 fully saturated rings. The van der Waals surface area contributed by atoms with Gasteiger partial charge in [-0.05, 0) is 32.3 Å². The summed E-state index contributed by atoms with van der Waals surface area (Å²) in [6, 6.07) is 8.57. The van der Waals surface area contributed by atoms with Crippen LogP contribution in [0.3, 0.4) is 0 Å². The molecule has 0 spiro atoms. The van der Waals surface area contributed by atoms with Crippen LogP contribution in [0.2, 0.25) is 0 Å². The summed E-state index contributed by atoms with van der Waals surface area (Å²) in [5, 5.41) is 1.17. The lowest BCUT2D eigenvalue weighted by Gasteiger charge is -2.35. The van der Waals surface area contributed by atoms with Gasteiger partial charge in [0.1, 0.15) is 0 Å². The largest absolute Gasteiger partial charge is 0.377 e. The van der Waals surface area contributed by atoms with Gasteiger partial charge in [0.2, 0.25) is 11.9 Å². The third-order valence-electron chi connectivity index (χ3n) is 7.54. The van der Waals surface area contributed by atoms with Crippen LogP contribution in [0.1, 0.15) is 43.9 Å². The highest BCUT2D eigenvalue weighted by Crippen LogP contribution is 2.36. The standard InChI is InChI=1S/C26H31N5O2/c1-17-16-33-13-12-31(17)26-28-23-15-30(25(32)18-6-2-3-7-18)11-10-20(23)24(29-26)21-14-27-22-9-5-4-8-19(21)22/h4-5,8-9,14,17-18,27H,2-3,6-7,10-13,15-16H2,1H3. The minimum atomic E-state index is 0.195. The number of amides is 1. The summed E-state index contributed by atoms with van der Waals surface area (Å²) >= 11 is 0. The van der Waals surface area contributed by atoms with Crippen molar-refractivity contribution in [2.75, 3.05) is 31.2 Å². The maximum Gasteiger partial charge on any atom is 0.226 e. The molecule has 1 N–H and O–H groups in total. The summed E-state index contributed by atoms with van der Waals surface area (Å²) in [6.45, 7) is 5.61. The molecule has 3 aromatic rings. The predicted octanol–water partition coefficient (Wildman–Crippen LogP) is 3.92. The normalized spacial score (nSPS) is 21.5. The summed E-state index contributed by atoms with van der Waals surface area (Å²) in [6.07, 6.45) is 7.27. The van der Waals surface area contributed by atoms with E-state index in [1.165, 1.54) is 23.8 Å². The molecule has 2 aromatic heterocycles. The fraction of sp³-hybridized carbons (Fsp3) is 0.500. The first kappa shape index (κ1) is 20.7. The van der Waals surface area contributed by atoms with Crippen molar-refractivity contribution in [3.63, 3.8) is 0 Å². The van der Waals surface area contributed by atoms with Crippen LogP contribution in [0.25, 0.3) is 22.2 Å². The number of carbonyl (C=O) groups excluding carboxylic acids is 1. The van der Waals surface area contributed by atoms with Crippen LogP contribution < -0.4 is 4.90 Å². The minimum absolute atomic E-state index is 0.195. The number of fused-ring (bicyclic) bond motifs is 2. The number of benzene rings is 1. The molecule has 0 bridgehead atoms. The van der Waals surface area contributed by atoms with E-state index in [1.807, 2.05) is 11.0 Å². The van der Waals surface area contributed by atoms with E-state index in [2.05, 4.69) is 41.2 Å². The number of para-hydroxylation sites is 1. The van der Waals surface area contributed by atoms with Crippen LogP contribution in [-0.2, 0) is 22.5 Å². The average Bonchev–Trinajstić information content (AvgIpc) is 3.53. The Morgan fingerprint density at radius 2 is 2.00 bits per heavy atom. The summed E-state index contributed by atoms with van der Waals surface area (Å²) in [5.74, 6) is 1.26. The van der Waals surface area contributed by atoms with Crippen molar-refractivity contribution < 1.29 is 9.53 Å². The lowest BCUT2D eigenvalue weighted by atomic mass is 9.96. The maximum absolute atomic E-state index is 13.2. The molecule has 1 amide bonds. The van der Waals surface area contributed by atoms with Gasteiger partial charge in [-0.15, -0.1) is 0 Å². The van der Waals surface area contributed by atoms with E-state index in [-0.39, 0.29) is 12.0 Å². The molecule has 1 atom stereocenters. The van der Waals surface area contributed by atoms with Gasteiger partial charge in [0.15, 0.2) is 0 Å². The molecule has 3 aliphatic rings. The van der Waals surface area contributed by atoms with Gasteiger partial charge in [0, 0.05) is 47.2 Å². The Bertz CT molecular complexity index is 1180. The smallest absolute Gasteiger partial charge is 0.226 e. The van der Waals surface area contributed by atoms with Gasteiger partial charge in [-0.25, -0.2) is 9.97 Å². The third kappa shape index (κ3) is 3.68. The number of rotatable bonds is 3. The van der Waals surface area contributed by atoms with E-state index < -0.39 is 0 Å². The number of carbonyl (C=O) groups is 1. The number of hydrogen-bond acceptors (Lipinski definition) is 5. The van der Waals surface area contributed by atoms with Crippen molar-refractivity contribution in [2.45, 2.75) is 51.6 Å². The molecule has 6 rings (SSSR count). The first-order valence-corrected chi connectivity index (χ1v) is 12.3. The van der Waals surface area contributed by atoms with Crippen LogP contribution in [-0.4, -0.2) is 58.1 Å². The zero-order chi connectivity index (χ0) is 22.4. The summed E-state index contributed by atoms with van der Waals surface area (Å²) < 4.78 is 5.66. The number of ether oxygens (including phenoxy) is 1. The van der Waals surface area contributed by atoms with E-state index in [9.17, 15) is 4.79 Å². The quantitative estimate of drug-likeness (QED) is 0.661. The van der Waals surface area contributed by atoms with Gasteiger partial charge in [0.05, 0.1) is 37.2 Å². The van der Waals surface area contributed by atoms with E-state index in [0.29, 0.717) is 25.7 Å². The Labute approximate surface area is 194 Å².